The summed E-state index contributed by atoms with van der Waals surface area (Å²) in [5.41, 5.74) is -0.729. The number of carbonyl (C=O) groups excluding carboxylic acids is 3. The van der Waals surface area contributed by atoms with Crippen LogP contribution < -0.4 is 0 Å². The van der Waals surface area contributed by atoms with Gasteiger partial charge in [0.2, 0.25) is 0 Å². The van der Waals surface area contributed by atoms with Gasteiger partial charge < -0.3 is 0 Å². The Morgan fingerprint density at radius 3 is 2.26 bits per heavy atom. The molecule has 154 valence electrons. The summed E-state index contributed by atoms with van der Waals surface area (Å²) in [5.74, 6) is -0.406. The van der Waals surface area contributed by atoms with E-state index >= 15 is 0 Å². The van der Waals surface area contributed by atoms with Crippen molar-refractivity contribution in [1.29, 1.82) is 0 Å². The molecule has 0 bridgehead atoms. The summed E-state index contributed by atoms with van der Waals surface area (Å²) in [7, 11) is 1.35. The normalized spacial score (nSPS) is 29.0. The Morgan fingerprint density at radius 2 is 1.78 bits per heavy atom. The van der Waals surface area contributed by atoms with E-state index < -0.39 is 17.6 Å². The Bertz CT molecular complexity index is 584. The molecule has 0 aromatic rings. The first-order chi connectivity index (χ1) is 12.4. The molecule has 8 heteroatoms. The van der Waals surface area contributed by atoms with Crippen molar-refractivity contribution in [1.82, 2.24) is 9.80 Å². The van der Waals surface area contributed by atoms with Crippen LogP contribution in [0.3, 0.4) is 0 Å². The molecular formula is C19H32N2O5Se. The molecule has 0 spiro atoms. The zero-order valence-electron chi connectivity index (χ0n) is 17.4. The van der Waals surface area contributed by atoms with Gasteiger partial charge in [-0.05, 0) is 0 Å². The summed E-state index contributed by atoms with van der Waals surface area (Å²) in [6, 6.07) is -0.761. The minimum atomic E-state index is -0.648. The van der Waals surface area contributed by atoms with Crippen LogP contribution in [0.25, 0.3) is 0 Å². The molecule has 2 rings (SSSR count). The van der Waals surface area contributed by atoms with Gasteiger partial charge in [-0.3, -0.25) is 0 Å². The van der Waals surface area contributed by atoms with Crippen molar-refractivity contribution < 1.29 is 23.9 Å². The molecule has 0 saturated carbocycles. The van der Waals surface area contributed by atoms with Gasteiger partial charge in [0.25, 0.3) is 0 Å². The molecule has 0 unspecified atom stereocenters. The SMILES string of the molecule is COC(=O)[C@@H]1[C@@H]([C@@H]2CCCN2C(=O)OC(C)(C)C)[Se][C@H](C(C)(C)C)N1C=O. The number of rotatable bonds is 3. The van der Waals surface area contributed by atoms with Crippen molar-refractivity contribution in [3.8, 4) is 0 Å². The van der Waals surface area contributed by atoms with Crippen LogP contribution >= 0.6 is 0 Å². The number of ether oxygens (including phenoxy) is 2. The van der Waals surface area contributed by atoms with Gasteiger partial charge in [0.1, 0.15) is 0 Å². The van der Waals surface area contributed by atoms with Gasteiger partial charge in [-0.25, -0.2) is 0 Å². The average Bonchev–Trinajstić information content (AvgIpc) is 3.15. The molecule has 2 saturated heterocycles. The fourth-order valence-electron chi connectivity index (χ4n) is 3.74. The fourth-order valence-corrected chi connectivity index (χ4v) is 7.71. The summed E-state index contributed by atoms with van der Waals surface area (Å²) >= 11 is -0.0344. The molecule has 2 aliphatic heterocycles. The molecule has 0 radical (unpaired) electrons. The first kappa shape index (κ1) is 22.0. The third kappa shape index (κ3) is 4.77. The van der Waals surface area contributed by atoms with Crippen LogP contribution in [0, 0.1) is 5.41 Å². The van der Waals surface area contributed by atoms with Crippen LogP contribution in [0.1, 0.15) is 54.4 Å². The molecule has 27 heavy (non-hydrogen) atoms. The number of hydrogen-bond acceptors (Lipinski definition) is 5. The van der Waals surface area contributed by atoms with Gasteiger partial charge >= 0.3 is 168 Å². The van der Waals surface area contributed by atoms with Gasteiger partial charge in [-0.15, -0.1) is 0 Å². The molecule has 4 atom stereocenters. The van der Waals surface area contributed by atoms with Crippen LogP contribution in [0.5, 0.6) is 0 Å². The molecule has 2 aliphatic rings. The van der Waals surface area contributed by atoms with Crippen molar-refractivity contribution in [3.63, 3.8) is 0 Å². The van der Waals surface area contributed by atoms with Crippen LogP contribution in [-0.4, -0.2) is 79.5 Å². The third-order valence-corrected chi connectivity index (χ3v) is 9.20. The van der Waals surface area contributed by atoms with E-state index in [0.717, 1.165) is 19.3 Å². The Morgan fingerprint density at radius 1 is 1.15 bits per heavy atom. The standard InChI is InChI=1S/C19H32N2O5Se/c1-18(2,3)16-21(11-22)13(15(23)25-7)14(27-16)12-9-8-10-20(12)17(24)26-19(4,5)6/h11-14,16H,8-10H2,1-7H3/t12-,13-,14+,16+/m0/s1. The quantitative estimate of drug-likeness (QED) is 0.377. The van der Waals surface area contributed by atoms with E-state index in [1.165, 1.54) is 7.11 Å². The maximum absolute atomic E-state index is 12.7. The van der Waals surface area contributed by atoms with Gasteiger partial charge in [0.05, 0.1) is 0 Å². The van der Waals surface area contributed by atoms with E-state index in [4.69, 9.17) is 9.47 Å². The Kier molecular flexibility index (Phi) is 6.52. The average molecular weight is 447 g/mol. The Balaban J connectivity index is 2.33. The predicted octanol–water partition coefficient (Wildman–Crippen LogP) is 2.26. The van der Waals surface area contributed by atoms with Gasteiger partial charge in [0.15, 0.2) is 0 Å². The molecule has 0 aromatic heterocycles. The number of esters is 1. The zero-order chi connectivity index (χ0) is 20.6. The zero-order valence-corrected chi connectivity index (χ0v) is 19.1. The Labute approximate surface area is 168 Å². The maximum atomic E-state index is 12.7. The van der Waals surface area contributed by atoms with E-state index in [2.05, 4.69) is 20.8 Å². The van der Waals surface area contributed by atoms with Crippen molar-refractivity contribution in [3.05, 3.63) is 0 Å². The second kappa shape index (κ2) is 8.00. The van der Waals surface area contributed by atoms with E-state index in [1.807, 2.05) is 20.8 Å². The first-order valence-electron chi connectivity index (χ1n) is 9.36. The summed E-state index contributed by atoms with van der Waals surface area (Å²) in [5, 5.41) is 0. The second-order valence-corrected chi connectivity index (χ2v) is 11.9. The molecule has 2 heterocycles. The predicted molar refractivity (Wildman–Crippen MR) is 102 cm³/mol. The van der Waals surface area contributed by atoms with E-state index in [1.54, 1.807) is 9.80 Å². The number of methoxy groups -OCH3 is 1. The second-order valence-electron chi connectivity index (χ2n) is 9.22. The monoisotopic (exact) mass is 448 g/mol. The van der Waals surface area contributed by atoms with Crippen LogP contribution in [-0.2, 0) is 19.1 Å². The molecule has 0 aromatic carbocycles. The van der Waals surface area contributed by atoms with Crippen molar-refractivity contribution in [2.75, 3.05) is 13.7 Å². The third-order valence-electron chi connectivity index (χ3n) is 4.80. The van der Waals surface area contributed by atoms with Gasteiger partial charge in [-0.1, -0.05) is 0 Å². The summed E-state index contributed by atoms with van der Waals surface area (Å²) in [4.78, 5) is 40.4. The van der Waals surface area contributed by atoms with Crippen molar-refractivity contribution >= 4 is 33.4 Å². The Hall–Kier alpha value is -1.27. The summed E-state index contributed by atoms with van der Waals surface area (Å²) in [6.45, 7) is 12.4. The summed E-state index contributed by atoms with van der Waals surface area (Å²) < 4.78 is 10.6. The van der Waals surface area contributed by atoms with Crippen LogP contribution in [0.4, 0.5) is 4.79 Å². The number of amides is 2. The van der Waals surface area contributed by atoms with Crippen molar-refractivity contribution in [2.45, 2.75) is 81.8 Å². The van der Waals surface area contributed by atoms with E-state index in [-0.39, 0.29) is 42.3 Å². The number of likely N-dealkylation sites (tertiary alicyclic amines) is 1. The van der Waals surface area contributed by atoms with Crippen molar-refractivity contribution in [2.24, 2.45) is 5.41 Å². The van der Waals surface area contributed by atoms with Crippen LogP contribution in [0.15, 0.2) is 0 Å². The minimum absolute atomic E-state index is 0.0299. The molecular weight excluding hydrogens is 415 g/mol. The van der Waals surface area contributed by atoms with Crippen LogP contribution in [0.2, 0.25) is 4.82 Å². The number of carbonyl (C=O) groups is 3. The molecule has 0 N–H and O–H groups in total. The topological polar surface area (TPSA) is 76.2 Å². The molecule has 2 amide bonds. The summed E-state index contributed by atoms with van der Waals surface area (Å²) in [6.07, 6.45) is 2.10. The fraction of sp³-hybridized carbons (Fsp3) is 0.842. The van der Waals surface area contributed by atoms with E-state index in [9.17, 15) is 14.4 Å². The molecule has 2 fully saturated rings. The van der Waals surface area contributed by atoms with Gasteiger partial charge in [-0.2, -0.15) is 0 Å². The molecule has 0 aliphatic carbocycles. The first-order valence-corrected chi connectivity index (χ1v) is 11.3. The van der Waals surface area contributed by atoms with E-state index in [0.29, 0.717) is 6.54 Å². The molecule has 7 nitrogen and oxygen atoms in total. The number of hydrogen-bond donors (Lipinski definition) is 0. The number of nitrogens with zero attached hydrogens (tertiary/aromatic N) is 2. The van der Waals surface area contributed by atoms with Gasteiger partial charge in [0, 0.05) is 0 Å².